The van der Waals surface area contributed by atoms with Crippen LogP contribution in [0.4, 0.5) is 0 Å². The molecule has 118 valence electrons. The highest BCUT2D eigenvalue weighted by atomic mass is 16.5. The molecule has 2 aromatic heterocycles. The standard InChI is InChI=1S/C20H17N3O/c1-24-20-16(14-21)10-11-18(23-20)13-12-17-8-5-9-19(22-17)15-6-3-2-4-7-15/h2-11H,12-13H2,1H3. The zero-order valence-electron chi connectivity index (χ0n) is 13.4. The maximum Gasteiger partial charge on any atom is 0.231 e. The van der Waals surface area contributed by atoms with E-state index < -0.39 is 0 Å². The minimum absolute atomic E-state index is 0.376. The second-order valence-electron chi connectivity index (χ2n) is 5.35. The zero-order valence-corrected chi connectivity index (χ0v) is 13.4. The molecule has 4 heteroatoms. The number of ether oxygens (including phenoxy) is 1. The maximum atomic E-state index is 9.01. The van der Waals surface area contributed by atoms with E-state index in [0.29, 0.717) is 11.4 Å². The van der Waals surface area contributed by atoms with Crippen molar-refractivity contribution in [2.24, 2.45) is 0 Å². The van der Waals surface area contributed by atoms with Gasteiger partial charge in [0.25, 0.3) is 0 Å². The maximum absolute atomic E-state index is 9.01. The van der Waals surface area contributed by atoms with Crippen molar-refractivity contribution in [1.29, 1.82) is 5.26 Å². The molecular weight excluding hydrogens is 298 g/mol. The third-order valence-electron chi connectivity index (χ3n) is 3.75. The van der Waals surface area contributed by atoms with Gasteiger partial charge in [0.1, 0.15) is 11.6 Å². The molecule has 4 nitrogen and oxygen atoms in total. The van der Waals surface area contributed by atoms with E-state index in [4.69, 9.17) is 15.0 Å². The smallest absolute Gasteiger partial charge is 0.231 e. The van der Waals surface area contributed by atoms with Crippen LogP contribution >= 0.6 is 0 Å². The van der Waals surface area contributed by atoms with Gasteiger partial charge in [-0.2, -0.15) is 5.26 Å². The van der Waals surface area contributed by atoms with E-state index in [-0.39, 0.29) is 0 Å². The summed E-state index contributed by atoms with van der Waals surface area (Å²) in [5.41, 5.74) is 4.43. The molecule has 0 unspecified atom stereocenters. The highest BCUT2D eigenvalue weighted by Crippen LogP contribution is 2.18. The average Bonchev–Trinajstić information content (AvgIpc) is 2.67. The largest absolute Gasteiger partial charge is 0.480 e. The van der Waals surface area contributed by atoms with Crippen LogP contribution in [-0.2, 0) is 12.8 Å². The van der Waals surface area contributed by atoms with Crippen molar-refractivity contribution < 1.29 is 4.74 Å². The van der Waals surface area contributed by atoms with Crippen molar-refractivity contribution in [1.82, 2.24) is 9.97 Å². The summed E-state index contributed by atoms with van der Waals surface area (Å²) in [5.74, 6) is 0.376. The molecule has 0 fully saturated rings. The molecular formula is C20H17N3O. The Balaban J connectivity index is 1.75. The third-order valence-corrected chi connectivity index (χ3v) is 3.75. The van der Waals surface area contributed by atoms with Gasteiger partial charge in [-0.25, -0.2) is 4.98 Å². The number of hydrogen-bond acceptors (Lipinski definition) is 4. The molecule has 0 saturated carbocycles. The van der Waals surface area contributed by atoms with Crippen molar-refractivity contribution in [2.75, 3.05) is 7.11 Å². The quantitative estimate of drug-likeness (QED) is 0.718. The molecule has 0 radical (unpaired) electrons. The summed E-state index contributed by atoms with van der Waals surface area (Å²) in [7, 11) is 1.53. The Hall–Kier alpha value is -3.19. The van der Waals surface area contributed by atoms with E-state index in [0.717, 1.165) is 35.5 Å². The fraction of sp³-hybridized carbons (Fsp3) is 0.150. The molecule has 0 aliphatic carbocycles. The molecule has 2 heterocycles. The number of rotatable bonds is 5. The lowest BCUT2D eigenvalue weighted by molar-refractivity contribution is 0.395. The fourth-order valence-corrected chi connectivity index (χ4v) is 2.50. The van der Waals surface area contributed by atoms with Crippen LogP contribution in [0.5, 0.6) is 5.88 Å². The summed E-state index contributed by atoms with van der Waals surface area (Å²) in [4.78, 5) is 9.11. The molecule has 1 aromatic carbocycles. The normalized spacial score (nSPS) is 10.2. The van der Waals surface area contributed by atoms with Crippen LogP contribution in [0.25, 0.3) is 11.3 Å². The van der Waals surface area contributed by atoms with E-state index in [1.54, 1.807) is 6.07 Å². The summed E-state index contributed by atoms with van der Waals surface area (Å²) in [5, 5.41) is 9.01. The van der Waals surface area contributed by atoms with Gasteiger partial charge in [0, 0.05) is 17.0 Å². The summed E-state index contributed by atoms with van der Waals surface area (Å²) in [6, 6.07) is 21.9. The van der Waals surface area contributed by atoms with E-state index in [1.165, 1.54) is 7.11 Å². The monoisotopic (exact) mass is 315 g/mol. The van der Waals surface area contributed by atoms with Crippen LogP contribution in [0.1, 0.15) is 17.0 Å². The highest BCUT2D eigenvalue weighted by molar-refractivity contribution is 5.58. The second kappa shape index (κ2) is 7.38. The van der Waals surface area contributed by atoms with Gasteiger partial charge in [-0.15, -0.1) is 0 Å². The lowest BCUT2D eigenvalue weighted by Crippen LogP contribution is -2.00. The molecule has 0 spiro atoms. The summed E-state index contributed by atoms with van der Waals surface area (Å²) in [6.07, 6.45) is 1.52. The number of nitrogens with zero attached hydrogens (tertiary/aromatic N) is 3. The molecule has 0 bridgehead atoms. The molecule has 3 aromatic rings. The number of hydrogen-bond donors (Lipinski definition) is 0. The molecule has 0 aliphatic rings. The lowest BCUT2D eigenvalue weighted by Gasteiger charge is -2.07. The van der Waals surface area contributed by atoms with Crippen molar-refractivity contribution in [3.8, 4) is 23.2 Å². The molecule has 24 heavy (non-hydrogen) atoms. The number of pyridine rings is 2. The SMILES string of the molecule is COc1nc(CCc2cccc(-c3ccccc3)n2)ccc1C#N. The van der Waals surface area contributed by atoms with Crippen LogP contribution in [-0.4, -0.2) is 17.1 Å². The molecule has 3 rings (SSSR count). The first-order valence-corrected chi connectivity index (χ1v) is 7.75. The van der Waals surface area contributed by atoms with Crippen LogP contribution in [0.2, 0.25) is 0 Å². The molecule has 0 amide bonds. The van der Waals surface area contributed by atoms with Crippen LogP contribution in [0, 0.1) is 11.3 Å². The van der Waals surface area contributed by atoms with Gasteiger partial charge in [-0.05, 0) is 37.1 Å². The first kappa shape index (κ1) is 15.7. The Kier molecular flexibility index (Phi) is 4.83. The van der Waals surface area contributed by atoms with Crippen molar-refractivity contribution in [3.05, 3.63) is 77.6 Å². The minimum atomic E-state index is 0.376. The minimum Gasteiger partial charge on any atom is -0.480 e. The molecule has 0 N–H and O–H groups in total. The van der Waals surface area contributed by atoms with Gasteiger partial charge in [-0.1, -0.05) is 36.4 Å². The predicted octanol–water partition coefficient (Wildman–Crippen LogP) is 3.81. The lowest BCUT2D eigenvalue weighted by atomic mass is 10.1. The number of methoxy groups -OCH3 is 1. The third kappa shape index (κ3) is 3.58. The fourth-order valence-electron chi connectivity index (χ4n) is 2.50. The van der Waals surface area contributed by atoms with Gasteiger partial charge in [-0.3, -0.25) is 4.98 Å². The van der Waals surface area contributed by atoms with Gasteiger partial charge < -0.3 is 4.74 Å². The van der Waals surface area contributed by atoms with E-state index >= 15 is 0 Å². The van der Waals surface area contributed by atoms with E-state index in [2.05, 4.69) is 23.2 Å². The van der Waals surface area contributed by atoms with Gasteiger partial charge in [0.2, 0.25) is 5.88 Å². The van der Waals surface area contributed by atoms with Crippen molar-refractivity contribution >= 4 is 0 Å². The first-order valence-electron chi connectivity index (χ1n) is 7.75. The number of nitriles is 1. The van der Waals surface area contributed by atoms with E-state index in [9.17, 15) is 0 Å². The number of aryl methyl sites for hydroxylation is 2. The first-order chi connectivity index (χ1) is 11.8. The summed E-state index contributed by atoms with van der Waals surface area (Å²) in [6.45, 7) is 0. The number of aromatic nitrogens is 2. The highest BCUT2D eigenvalue weighted by Gasteiger charge is 2.07. The van der Waals surface area contributed by atoms with Crippen LogP contribution in [0.15, 0.2) is 60.7 Å². The topological polar surface area (TPSA) is 58.8 Å². The Morgan fingerprint density at radius 1 is 0.875 bits per heavy atom. The summed E-state index contributed by atoms with van der Waals surface area (Å²) >= 11 is 0. The molecule has 0 saturated heterocycles. The van der Waals surface area contributed by atoms with Crippen LogP contribution in [0.3, 0.4) is 0 Å². The number of benzene rings is 1. The summed E-state index contributed by atoms with van der Waals surface area (Å²) < 4.78 is 5.16. The Morgan fingerprint density at radius 3 is 2.33 bits per heavy atom. The predicted molar refractivity (Wildman–Crippen MR) is 92.6 cm³/mol. The average molecular weight is 315 g/mol. The molecule has 0 atom stereocenters. The Morgan fingerprint density at radius 2 is 1.62 bits per heavy atom. The Labute approximate surface area is 141 Å². The van der Waals surface area contributed by atoms with Gasteiger partial charge in [0.05, 0.1) is 12.8 Å². The molecule has 0 aliphatic heterocycles. The Bertz CT molecular complexity index is 870. The second-order valence-corrected chi connectivity index (χ2v) is 5.35. The van der Waals surface area contributed by atoms with Gasteiger partial charge in [0.15, 0.2) is 0 Å². The van der Waals surface area contributed by atoms with Crippen LogP contribution < -0.4 is 4.74 Å². The van der Waals surface area contributed by atoms with Gasteiger partial charge >= 0.3 is 0 Å². The zero-order chi connectivity index (χ0) is 16.8. The van der Waals surface area contributed by atoms with Crippen molar-refractivity contribution in [3.63, 3.8) is 0 Å². The van der Waals surface area contributed by atoms with Crippen molar-refractivity contribution in [2.45, 2.75) is 12.8 Å². The van der Waals surface area contributed by atoms with E-state index in [1.807, 2.05) is 42.5 Å².